The predicted molar refractivity (Wildman–Crippen MR) is 153 cm³/mol. The molecule has 2 fully saturated rings. The maximum atomic E-state index is 13.9. The van der Waals surface area contributed by atoms with Crippen molar-refractivity contribution in [3.63, 3.8) is 0 Å². The summed E-state index contributed by atoms with van der Waals surface area (Å²) in [4.78, 5) is 17.9. The molecule has 0 radical (unpaired) electrons. The van der Waals surface area contributed by atoms with Gasteiger partial charge in [-0.1, -0.05) is 28.9 Å². The molecule has 43 heavy (non-hydrogen) atoms. The van der Waals surface area contributed by atoms with Crippen LogP contribution in [0.2, 0.25) is 5.02 Å². The van der Waals surface area contributed by atoms with Crippen molar-refractivity contribution in [3.05, 3.63) is 88.2 Å². The van der Waals surface area contributed by atoms with Crippen LogP contribution in [0.5, 0.6) is 5.75 Å². The summed E-state index contributed by atoms with van der Waals surface area (Å²) in [6, 6.07) is 12.1. The number of aliphatic hydroxyl groups is 1. The Morgan fingerprint density at radius 1 is 1.09 bits per heavy atom. The van der Waals surface area contributed by atoms with Gasteiger partial charge in [-0.2, -0.15) is 0 Å². The molecule has 2 aliphatic rings. The number of oxime groups is 1. The van der Waals surface area contributed by atoms with Gasteiger partial charge in [0.2, 0.25) is 0 Å². The number of fused-ring (bicyclic) bond motifs is 2. The summed E-state index contributed by atoms with van der Waals surface area (Å²) in [5.74, 6) is -5.67. The SMILES string of the molecule is COc1cccc(CO/N=C/C2(O)CC3CC[C@@H](C2)C3S(=O)(=O)c2cc(C(=O)Nc3cc(F)c(F)c(F)c3)ccc2Cl)c1. The molecular weight excluding hydrogens is 609 g/mol. The van der Waals surface area contributed by atoms with Gasteiger partial charge in [0.1, 0.15) is 18.0 Å². The van der Waals surface area contributed by atoms with E-state index in [1.54, 1.807) is 19.2 Å². The number of sulfone groups is 1. The Morgan fingerprint density at radius 2 is 1.77 bits per heavy atom. The number of rotatable bonds is 9. The van der Waals surface area contributed by atoms with Crippen LogP contribution in [0.25, 0.3) is 0 Å². The molecule has 2 saturated carbocycles. The fourth-order valence-electron chi connectivity index (χ4n) is 6.03. The molecule has 0 aliphatic heterocycles. The van der Waals surface area contributed by atoms with E-state index in [0.29, 0.717) is 30.7 Å². The van der Waals surface area contributed by atoms with Crippen molar-refractivity contribution in [3.8, 4) is 5.75 Å². The number of ether oxygens (including phenoxy) is 1. The van der Waals surface area contributed by atoms with E-state index in [1.165, 1.54) is 18.3 Å². The van der Waals surface area contributed by atoms with Crippen molar-refractivity contribution in [1.29, 1.82) is 0 Å². The van der Waals surface area contributed by atoms with E-state index in [4.69, 9.17) is 21.2 Å². The summed E-state index contributed by atoms with van der Waals surface area (Å²) in [5, 5.41) is 16.5. The highest BCUT2D eigenvalue weighted by atomic mass is 35.5. The molecule has 0 aromatic heterocycles. The predicted octanol–water partition coefficient (Wildman–Crippen LogP) is 5.91. The summed E-state index contributed by atoms with van der Waals surface area (Å²) in [5.41, 5.74) is -1.02. The lowest BCUT2D eigenvalue weighted by atomic mass is 9.78. The molecular formula is C30H28ClF3N2O6S. The van der Waals surface area contributed by atoms with Gasteiger partial charge in [0.15, 0.2) is 27.3 Å². The van der Waals surface area contributed by atoms with Crippen molar-refractivity contribution < 1.29 is 41.1 Å². The largest absolute Gasteiger partial charge is 0.497 e. The summed E-state index contributed by atoms with van der Waals surface area (Å²) in [6.45, 7) is 0.154. The molecule has 3 aromatic rings. The average molecular weight is 637 g/mol. The lowest BCUT2D eigenvalue weighted by Crippen LogP contribution is -2.47. The Balaban J connectivity index is 1.29. The lowest BCUT2D eigenvalue weighted by molar-refractivity contribution is 0.0410. The molecule has 2 bridgehead atoms. The number of nitrogens with zero attached hydrogens (tertiary/aromatic N) is 1. The minimum absolute atomic E-state index is 0.0943. The number of hydrogen-bond acceptors (Lipinski definition) is 7. The third-order valence-electron chi connectivity index (χ3n) is 7.90. The zero-order valence-corrected chi connectivity index (χ0v) is 24.5. The van der Waals surface area contributed by atoms with E-state index in [0.717, 1.165) is 11.6 Å². The van der Waals surface area contributed by atoms with Crippen LogP contribution in [0.3, 0.4) is 0 Å². The summed E-state index contributed by atoms with van der Waals surface area (Å²) >= 11 is 6.30. The first kappa shape index (κ1) is 30.8. The number of anilines is 1. The molecule has 0 heterocycles. The first-order valence-corrected chi connectivity index (χ1v) is 15.3. The van der Waals surface area contributed by atoms with E-state index in [-0.39, 0.29) is 40.6 Å². The molecule has 1 amide bonds. The monoisotopic (exact) mass is 636 g/mol. The summed E-state index contributed by atoms with van der Waals surface area (Å²) < 4.78 is 73.4. The molecule has 0 spiro atoms. The van der Waals surface area contributed by atoms with E-state index in [9.17, 15) is 31.5 Å². The van der Waals surface area contributed by atoms with Gasteiger partial charge >= 0.3 is 0 Å². The van der Waals surface area contributed by atoms with Gasteiger partial charge in [-0.3, -0.25) is 4.79 Å². The molecule has 4 atom stereocenters. The third-order valence-corrected chi connectivity index (χ3v) is 10.8. The van der Waals surface area contributed by atoms with Crippen LogP contribution in [0.4, 0.5) is 18.9 Å². The molecule has 5 rings (SSSR count). The number of benzene rings is 3. The maximum absolute atomic E-state index is 13.9. The Bertz CT molecular complexity index is 1650. The second-order valence-electron chi connectivity index (χ2n) is 10.8. The van der Waals surface area contributed by atoms with Crippen LogP contribution >= 0.6 is 11.6 Å². The minimum Gasteiger partial charge on any atom is -0.497 e. The molecule has 0 saturated heterocycles. The van der Waals surface area contributed by atoms with E-state index < -0.39 is 55.9 Å². The first-order chi connectivity index (χ1) is 20.4. The second-order valence-corrected chi connectivity index (χ2v) is 13.3. The molecule has 228 valence electrons. The molecule has 8 nitrogen and oxygen atoms in total. The van der Waals surface area contributed by atoms with Crippen molar-refractivity contribution >= 4 is 39.2 Å². The van der Waals surface area contributed by atoms with E-state index in [1.807, 2.05) is 12.1 Å². The third kappa shape index (κ3) is 6.51. The Morgan fingerprint density at radius 3 is 2.42 bits per heavy atom. The number of methoxy groups -OCH3 is 1. The van der Waals surface area contributed by atoms with Gasteiger partial charge in [0.25, 0.3) is 5.91 Å². The Hall–Kier alpha value is -3.61. The van der Waals surface area contributed by atoms with Crippen LogP contribution in [0, 0.1) is 29.3 Å². The van der Waals surface area contributed by atoms with Crippen molar-refractivity contribution in [2.75, 3.05) is 12.4 Å². The van der Waals surface area contributed by atoms with E-state index in [2.05, 4.69) is 10.5 Å². The minimum atomic E-state index is -4.07. The van der Waals surface area contributed by atoms with Gasteiger partial charge < -0.3 is 20.0 Å². The van der Waals surface area contributed by atoms with Gasteiger partial charge in [-0.15, -0.1) is 0 Å². The number of hydrogen-bond donors (Lipinski definition) is 2. The lowest BCUT2D eigenvalue weighted by Gasteiger charge is -2.38. The fraction of sp³-hybridized carbons (Fsp3) is 0.333. The maximum Gasteiger partial charge on any atom is 0.255 e. The van der Waals surface area contributed by atoms with Gasteiger partial charge in [0.05, 0.1) is 28.5 Å². The van der Waals surface area contributed by atoms with Gasteiger partial charge in [-0.25, -0.2) is 21.6 Å². The Labute approximate surface area is 251 Å². The normalized spacial score (nSPS) is 23.3. The van der Waals surface area contributed by atoms with Crippen LogP contribution in [0.15, 0.2) is 64.6 Å². The van der Waals surface area contributed by atoms with Crippen molar-refractivity contribution in [1.82, 2.24) is 0 Å². The standard InChI is InChI=1S/C30H28ClF3N2O6S/c1-41-22-4-2-3-17(9-22)15-42-35-16-30(38)13-19-5-6-20(14-30)28(19)43(39,40)26-10-18(7-8-23(26)31)29(37)36-21-11-24(32)27(34)25(33)12-21/h2-4,7-12,16,19-20,28,38H,5-6,13-15H2,1H3,(H,36,37)/b35-16+/t19-,20?,28?,30?/m0/s1. The number of halogens is 4. The van der Waals surface area contributed by atoms with Crippen LogP contribution in [0.1, 0.15) is 41.6 Å². The van der Waals surface area contributed by atoms with Crippen LogP contribution in [-0.2, 0) is 21.3 Å². The van der Waals surface area contributed by atoms with Crippen molar-refractivity contribution in [2.45, 2.75) is 48.0 Å². The highest BCUT2D eigenvalue weighted by molar-refractivity contribution is 7.92. The second kappa shape index (κ2) is 12.2. The Kier molecular flexibility index (Phi) is 8.73. The number of carbonyl (C=O) groups is 1. The topological polar surface area (TPSA) is 114 Å². The quantitative estimate of drug-likeness (QED) is 0.171. The number of carbonyl (C=O) groups excluding carboxylic acids is 1. The smallest absolute Gasteiger partial charge is 0.255 e. The first-order valence-electron chi connectivity index (χ1n) is 13.4. The van der Waals surface area contributed by atoms with Gasteiger partial charge in [0, 0.05) is 23.4 Å². The van der Waals surface area contributed by atoms with Gasteiger partial charge in [-0.05, 0) is 73.4 Å². The van der Waals surface area contributed by atoms with E-state index >= 15 is 0 Å². The fourth-order valence-corrected chi connectivity index (χ4v) is 8.87. The molecule has 2 aliphatic carbocycles. The zero-order chi connectivity index (χ0) is 30.9. The molecule has 3 aromatic carbocycles. The average Bonchev–Trinajstić information content (AvgIpc) is 3.27. The zero-order valence-electron chi connectivity index (χ0n) is 22.9. The highest BCUT2D eigenvalue weighted by Gasteiger charge is 2.54. The number of amides is 1. The number of nitrogens with one attached hydrogen (secondary N) is 1. The molecule has 2 N–H and O–H groups in total. The highest BCUT2D eigenvalue weighted by Crippen LogP contribution is 2.51. The summed E-state index contributed by atoms with van der Waals surface area (Å²) in [6.07, 6.45) is 2.72. The molecule has 3 unspecified atom stereocenters. The van der Waals surface area contributed by atoms with Crippen LogP contribution in [-0.4, -0.2) is 43.6 Å². The summed E-state index contributed by atoms with van der Waals surface area (Å²) in [7, 11) is -2.52. The van der Waals surface area contributed by atoms with Crippen LogP contribution < -0.4 is 10.1 Å². The van der Waals surface area contributed by atoms with Crippen molar-refractivity contribution in [2.24, 2.45) is 17.0 Å². The molecule has 13 heteroatoms.